The van der Waals surface area contributed by atoms with Crippen LogP contribution >= 0.6 is 0 Å². The van der Waals surface area contributed by atoms with Gasteiger partial charge in [-0.05, 0) is 160 Å². The SMILES string of the molecule is Cc1c2ccc(-c3ccccc3-c3ccccc3)cc2c(C)c2cc3c(cc12)-c1ccc(-c2ccccc2-c2ccccc2)cc1C31c2ccccc2-c2ccccc21. The second-order valence-corrected chi connectivity index (χ2v) is 16.4. The lowest BCUT2D eigenvalue weighted by Crippen LogP contribution is -2.26. The Hall–Kier alpha value is -7.28. The van der Waals surface area contributed by atoms with Crippen molar-refractivity contribution in [3.8, 4) is 66.8 Å². The van der Waals surface area contributed by atoms with Gasteiger partial charge < -0.3 is 0 Å². The van der Waals surface area contributed by atoms with E-state index in [0.717, 1.165) is 0 Å². The molecule has 1 spiro atoms. The summed E-state index contributed by atoms with van der Waals surface area (Å²) in [5.74, 6) is 0. The molecule has 0 heterocycles. The zero-order valence-corrected chi connectivity index (χ0v) is 33.1. The highest BCUT2D eigenvalue weighted by molar-refractivity contribution is 6.10. The van der Waals surface area contributed by atoms with Crippen molar-refractivity contribution >= 4 is 21.5 Å². The minimum absolute atomic E-state index is 0.463. The highest BCUT2D eigenvalue weighted by atomic mass is 14.5. The molecule has 0 N–H and O–H groups in total. The summed E-state index contributed by atoms with van der Waals surface area (Å²) in [7, 11) is 0. The van der Waals surface area contributed by atoms with Gasteiger partial charge in [-0.2, -0.15) is 0 Å². The Balaban J connectivity index is 1.13. The number of benzene rings is 10. The highest BCUT2D eigenvalue weighted by Gasteiger charge is 2.52. The molecular formula is C59H40. The molecule has 0 aliphatic heterocycles. The third-order valence-electron chi connectivity index (χ3n) is 13.5. The molecule has 0 radical (unpaired) electrons. The van der Waals surface area contributed by atoms with Crippen LogP contribution < -0.4 is 0 Å². The van der Waals surface area contributed by atoms with Crippen LogP contribution in [0, 0.1) is 13.8 Å². The minimum atomic E-state index is -0.463. The quantitative estimate of drug-likeness (QED) is 0.157. The van der Waals surface area contributed by atoms with Crippen molar-refractivity contribution in [1.29, 1.82) is 0 Å². The molecule has 12 rings (SSSR count). The molecule has 276 valence electrons. The van der Waals surface area contributed by atoms with Gasteiger partial charge in [0.15, 0.2) is 0 Å². The maximum atomic E-state index is 2.58. The van der Waals surface area contributed by atoms with E-state index >= 15 is 0 Å². The fourth-order valence-electron chi connectivity index (χ4n) is 10.8. The largest absolute Gasteiger partial charge is 0.0725 e. The summed E-state index contributed by atoms with van der Waals surface area (Å²) in [5.41, 5.74) is 22.9. The van der Waals surface area contributed by atoms with Crippen LogP contribution in [-0.4, -0.2) is 0 Å². The van der Waals surface area contributed by atoms with Crippen molar-refractivity contribution in [1.82, 2.24) is 0 Å². The van der Waals surface area contributed by atoms with Gasteiger partial charge in [-0.1, -0.05) is 182 Å². The van der Waals surface area contributed by atoms with Crippen molar-refractivity contribution in [3.63, 3.8) is 0 Å². The zero-order valence-electron chi connectivity index (χ0n) is 33.1. The molecule has 0 unspecified atom stereocenters. The van der Waals surface area contributed by atoms with Gasteiger partial charge in [-0.15, -0.1) is 0 Å². The van der Waals surface area contributed by atoms with E-state index in [4.69, 9.17) is 0 Å². The van der Waals surface area contributed by atoms with E-state index in [9.17, 15) is 0 Å². The molecule has 0 saturated heterocycles. The number of hydrogen-bond acceptors (Lipinski definition) is 0. The fraction of sp³-hybridized carbons (Fsp3) is 0.0508. The lowest BCUT2D eigenvalue weighted by molar-refractivity contribution is 0.795. The van der Waals surface area contributed by atoms with E-state index in [0.29, 0.717) is 0 Å². The van der Waals surface area contributed by atoms with E-state index in [1.54, 1.807) is 0 Å². The molecule has 2 aliphatic rings. The van der Waals surface area contributed by atoms with Gasteiger partial charge in [0.2, 0.25) is 0 Å². The molecule has 0 nitrogen and oxygen atoms in total. The lowest BCUT2D eigenvalue weighted by Gasteiger charge is -2.31. The highest BCUT2D eigenvalue weighted by Crippen LogP contribution is 2.64. The third kappa shape index (κ3) is 4.78. The Morgan fingerprint density at radius 3 is 1.20 bits per heavy atom. The van der Waals surface area contributed by atoms with E-state index in [1.165, 1.54) is 122 Å². The Kier molecular flexibility index (Phi) is 7.38. The summed E-state index contributed by atoms with van der Waals surface area (Å²) in [6.07, 6.45) is 0. The van der Waals surface area contributed by atoms with Crippen LogP contribution in [0.15, 0.2) is 206 Å². The summed E-state index contributed by atoms with van der Waals surface area (Å²) in [4.78, 5) is 0. The first-order chi connectivity index (χ1) is 29.1. The summed E-state index contributed by atoms with van der Waals surface area (Å²) in [5, 5.41) is 5.28. The van der Waals surface area contributed by atoms with Crippen LogP contribution in [0.2, 0.25) is 0 Å². The normalized spacial score (nSPS) is 13.1. The molecule has 0 fully saturated rings. The average Bonchev–Trinajstić information content (AvgIpc) is 3.77. The van der Waals surface area contributed by atoms with Gasteiger partial charge in [-0.3, -0.25) is 0 Å². The number of hydrogen-bond donors (Lipinski definition) is 0. The molecule has 0 amide bonds. The number of fused-ring (bicyclic) bond motifs is 12. The summed E-state index contributed by atoms with van der Waals surface area (Å²) in [6, 6.07) is 77.1. The van der Waals surface area contributed by atoms with Crippen LogP contribution in [0.1, 0.15) is 33.4 Å². The molecule has 0 aromatic heterocycles. The Bertz CT molecular complexity index is 3280. The predicted octanol–water partition coefficient (Wildman–Crippen LogP) is 15.6. The van der Waals surface area contributed by atoms with Crippen molar-refractivity contribution in [2.75, 3.05) is 0 Å². The molecule has 10 aromatic carbocycles. The van der Waals surface area contributed by atoms with Gasteiger partial charge in [0.1, 0.15) is 0 Å². The molecule has 2 aliphatic carbocycles. The van der Waals surface area contributed by atoms with Crippen LogP contribution in [0.5, 0.6) is 0 Å². The van der Waals surface area contributed by atoms with E-state index in [1.807, 2.05) is 0 Å². The maximum absolute atomic E-state index is 2.58. The first-order valence-electron chi connectivity index (χ1n) is 20.8. The first-order valence-corrected chi connectivity index (χ1v) is 20.8. The predicted molar refractivity (Wildman–Crippen MR) is 249 cm³/mol. The standard InChI is InChI=1S/C59H40/c1-37-43-31-29-41(46-23-11-9-21-44(46)39-17-5-3-6-18-39)33-51(43)38(2)53-36-58-54(35-52(37)53)50-32-30-42(47-24-12-10-22-45(47)40-19-7-4-8-20-40)34-57(50)59(58)55-27-15-13-25-48(55)49-26-14-16-28-56(49)59/h3-36H,1-2H3. The molecule has 0 heteroatoms. The summed E-state index contributed by atoms with van der Waals surface area (Å²) >= 11 is 0. The molecule has 10 aromatic rings. The molecular weight excluding hydrogens is 709 g/mol. The first kappa shape index (κ1) is 33.8. The van der Waals surface area contributed by atoms with E-state index in [2.05, 4.69) is 220 Å². The van der Waals surface area contributed by atoms with Crippen molar-refractivity contribution in [3.05, 3.63) is 240 Å². The average molecular weight is 749 g/mol. The minimum Gasteiger partial charge on any atom is -0.0622 e. The Labute approximate surface area is 345 Å². The summed E-state index contributed by atoms with van der Waals surface area (Å²) < 4.78 is 0. The molecule has 0 atom stereocenters. The van der Waals surface area contributed by atoms with Crippen LogP contribution in [0.3, 0.4) is 0 Å². The molecule has 0 bridgehead atoms. The van der Waals surface area contributed by atoms with Crippen LogP contribution in [0.4, 0.5) is 0 Å². The van der Waals surface area contributed by atoms with Crippen molar-refractivity contribution in [2.24, 2.45) is 0 Å². The van der Waals surface area contributed by atoms with Gasteiger partial charge in [0.05, 0.1) is 5.41 Å². The van der Waals surface area contributed by atoms with Crippen molar-refractivity contribution in [2.45, 2.75) is 19.3 Å². The van der Waals surface area contributed by atoms with E-state index in [-0.39, 0.29) is 0 Å². The van der Waals surface area contributed by atoms with Crippen molar-refractivity contribution < 1.29 is 0 Å². The lowest BCUT2D eigenvalue weighted by atomic mass is 9.69. The zero-order chi connectivity index (χ0) is 39.2. The van der Waals surface area contributed by atoms with Gasteiger partial charge in [0, 0.05) is 0 Å². The smallest absolute Gasteiger partial charge is 0.0622 e. The topological polar surface area (TPSA) is 0 Å². The Morgan fingerprint density at radius 1 is 0.237 bits per heavy atom. The number of rotatable bonds is 4. The number of aryl methyl sites for hydroxylation is 2. The van der Waals surface area contributed by atoms with Crippen LogP contribution in [-0.2, 0) is 5.41 Å². The second-order valence-electron chi connectivity index (χ2n) is 16.4. The van der Waals surface area contributed by atoms with Gasteiger partial charge >= 0.3 is 0 Å². The molecule has 59 heavy (non-hydrogen) atoms. The fourth-order valence-corrected chi connectivity index (χ4v) is 10.8. The Morgan fingerprint density at radius 2 is 0.627 bits per heavy atom. The summed E-state index contributed by atoms with van der Waals surface area (Å²) in [6.45, 7) is 4.66. The monoisotopic (exact) mass is 748 g/mol. The molecule has 0 saturated carbocycles. The second kappa shape index (κ2) is 12.9. The van der Waals surface area contributed by atoms with E-state index < -0.39 is 5.41 Å². The van der Waals surface area contributed by atoms with Gasteiger partial charge in [-0.25, -0.2) is 0 Å². The third-order valence-corrected chi connectivity index (χ3v) is 13.5. The van der Waals surface area contributed by atoms with Crippen LogP contribution in [0.25, 0.3) is 88.3 Å². The maximum Gasteiger partial charge on any atom is 0.0725 e. The van der Waals surface area contributed by atoms with Gasteiger partial charge in [0.25, 0.3) is 0 Å².